The number of amides is 3. The number of alkyl halides is 6. The number of rotatable bonds is 5. The molecule has 0 saturated carbocycles. The van der Waals surface area contributed by atoms with Crippen molar-refractivity contribution in [3.8, 4) is 0 Å². The average Bonchev–Trinajstić information content (AvgIpc) is 2.92. The summed E-state index contributed by atoms with van der Waals surface area (Å²) < 4.78 is 94.0. The lowest BCUT2D eigenvalue weighted by Crippen LogP contribution is -2.51. The van der Waals surface area contributed by atoms with Crippen molar-refractivity contribution in [2.75, 3.05) is 13.6 Å². The van der Waals surface area contributed by atoms with Crippen molar-refractivity contribution in [2.45, 2.75) is 50.7 Å². The third-order valence-corrected chi connectivity index (χ3v) is 7.11. The molecular formula is C29H27F7N4O2. The van der Waals surface area contributed by atoms with Crippen molar-refractivity contribution in [3.05, 3.63) is 100 Å². The van der Waals surface area contributed by atoms with E-state index in [4.69, 9.17) is 0 Å². The largest absolute Gasteiger partial charge is 0.416 e. The van der Waals surface area contributed by atoms with Crippen LogP contribution in [0.2, 0.25) is 0 Å². The molecule has 1 aliphatic heterocycles. The Labute approximate surface area is 237 Å². The second-order valence-electron chi connectivity index (χ2n) is 10.2. The Bertz CT molecular complexity index is 1410. The molecule has 0 spiro atoms. The molecule has 0 radical (unpaired) electrons. The number of carbonyl (C=O) groups excluding carboxylic acids is 2. The Morgan fingerprint density at radius 3 is 2.17 bits per heavy atom. The average molecular weight is 597 g/mol. The zero-order valence-corrected chi connectivity index (χ0v) is 22.6. The van der Waals surface area contributed by atoms with Gasteiger partial charge in [-0.05, 0) is 78.9 Å². The van der Waals surface area contributed by atoms with E-state index in [2.05, 4.69) is 10.3 Å². The predicted octanol–water partition coefficient (Wildman–Crippen LogP) is 6.75. The summed E-state index contributed by atoms with van der Waals surface area (Å²) in [5.74, 6) is -0.839. The Kier molecular flexibility index (Phi) is 8.79. The highest BCUT2D eigenvalue weighted by atomic mass is 19.4. The number of aryl methyl sites for hydroxylation is 1. The lowest BCUT2D eigenvalue weighted by atomic mass is 9.89. The Morgan fingerprint density at radius 1 is 0.976 bits per heavy atom. The number of halogens is 7. The van der Waals surface area contributed by atoms with Crippen molar-refractivity contribution in [2.24, 2.45) is 0 Å². The van der Waals surface area contributed by atoms with Crippen molar-refractivity contribution >= 4 is 11.9 Å². The van der Waals surface area contributed by atoms with Gasteiger partial charge in [0, 0.05) is 44.1 Å². The number of hydrogen-bond donors (Lipinski definition) is 1. The minimum absolute atomic E-state index is 0.0314. The molecule has 4 rings (SSSR count). The monoisotopic (exact) mass is 596 g/mol. The van der Waals surface area contributed by atoms with Crippen LogP contribution >= 0.6 is 0 Å². The molecule has 2 heterocycles. The molecule has 0 bridgehead atoms. The summed E-state index contributed by atoms with van der Waals surface area (Å²) in [7, 11) is 1.28. The van der Waals surface area contributed by atoms with Crippen molar-refractivity contribution in [1.29, 1.82) is 0 Å². The smallest absolute Gasteiger partial charge is 0.349 e. The van der Waals surface area contributed by atoms with E-state index in [0.29, 0.717) is 35.2 Å². The first-order chi connectivity index (χ1) is 19.6. The highest BCUT2D eigenvalue weighted by Crippen LogP contribution is 2.37. The molecule has 224 valence electrons. The molecule has 2 atom stereocenters. The first-order valence-electron chi connectivity index (χ1n) is 12.9. The number of carbonyl (C=O) groups is 2. The first-order valence-corrected chi connectivity index (χ1v) is 12.9. The van der Waals surface area contributed by atoms with E-state index in [9.17, 15) is 40.3 Å². The zero-order valence-electron chi connectivity index (χ0n) is 22.6. The molecule has 2 aromatic carbocycles. The number of urea groups is 1. The van der Waals surface area contributed by atoms with Gasteiger partial charge in [-0.3, -0.25) is 9.78 Å². The third kappa shape index (κ3) is 7.18. The van der Waals surface area contributed by atoms with Crippen LogP contribution in [0, 0.1) is 12.7 Å². The van der Waals surface area contributed by atoms with Crippen LogP contribution in [0.3, 0.4) is 0 Å². The molecule has 0 unspecified atom stereocenters. The lowest BCUT2D eigenvalue weighted by Gasteiger charge is -2.42. The van der Waals surface area contributed by atoms with Gasteiger partial charge in [-0.2, -0.15) is 26.3 Å². The zero-order chi connectivity index (χ0) is 30.8. The number of nitrogens with one attached hydrogen (secondary N) is 1. The van der Waals surface area contributed by atoms with Gasteiger partial charge < -0.3 is 15.1 Å². The Morgan fingerprint density at radius 2 is 1.60 bits per heavy atom. The van der Waals surface area contributed by atoms with Crippen LogP contribution in [0.15, 0.2) is 60.9 Å². The van der Waals surface area contributed by atoms with Crippen LogP contribution in [0.4, 0.5) is 35.5 Å². The maximum Gasteiger partial charge on any atom is 0.416 e. The fourth-order valence-electron chi connectivity index (χ4n) is 5.08. The normalized spacial score (nSPS) is 17.6. The van der Waals surface area contributed by atoms with E-state index in [0.717, 1.165) is 4.90 Å². The molecule has 6 nitrogen and oxygen atoms in total. The van der Waals surface area contributed by atoms with Gasteiger partial charge in [0.05, 0.1) is 17.2 Å². The second kappa shape index (κ2) is 12.0. The van der Waals surface area contributed by atoms with Crippen LogP contribution in [-0.4, -0.2) is 46.4 Å². The predicted molar refractivity (Wildman–Crippen MR) is 139 cm³/mol. The minimum atomic E-state index is -5.02. The molecule has 1 aliphatic rings. The standard InChI is InChI=1S/C29H27F7N4O2/c1-17-11-22(30)3-4-24(17)25-15-23(38-26(41)19-5-8-37-9-6-19)7-10-40(25)27(42)39(2)16-18-12-20(28(31,32)33)14-21(13-18)29(34,35)36/h3-6,8-9,11-14,23,25H,7,10,15-16H2,1-2H3,(H,38,41)/t23-,25+/m0/s1. The van der Waals surface area contributed by atoms with E-state index in [1.54, 1.807) is 19.1 Å². The van der Waals surface area contributed by atoms with E-state index in [1.165, 1.54) is 42.5 Å². The maximum absolute atomic E-state index is 13.9. The molecule has 1 N–H and O–H groups in total. The van der Waals surface area contributed by atoms with E-state index >= 15 is 0 Å². The number of piperidine rings is 1. The van der Waals surface area contributed by atoms with Crippen LogP contribution in [-0.2, 0) is 18.9 Å². The molecule has 3 amide bonds. The summed E-state index contributed by atoms with van der Waals surface area (Å²) in [5, 5.41) is 2.93. The van der Waals surface area contributed by atoms with E-state index in [-0.39, 0.29) is 36.5 Å². The van der Waals surface area contributed by atoms with Gasteiger partial charge in [-0.1, -0.05) is 6.07 Å². The van der Waals surface area contributed by atoms with Crippen LogP contribution in [0.1, 0.15) is 57.1 Å². The van der Waals surface area contributed by atoms with Gasteiger partial charge in [-0.15, -0.1) is 0 Å². The number of hydrogen-bond acceptors (Lipinski definition) is 3. The summed E-state index contributed by atoms with van der Waals surface area (Å²) in [4.78, 5) is 32.7. The van der Waals surface area contributed by atoms with E-state index < -0.39 is 47.9 Å². The molecular weight excluding hydrogens is 569 g/mol. The van der Waals surface area contributed by atoms with Crippen molar-refractivity contribution in [1.82, 2.24) is 20.1 Å². The van der Waals surface area contributed by atoms with Gasteiger partial charge in [0.15, 0.2) is 0 Å². The van der Waals surface area contributed by atoms with Crippen molar-refractivity contribution in [3.63, 3.8) is 0 Å². The van der Waals surface area contributed by atoms with Crippen LogP contribution in [0.5, 0.6) is 0 Å². The number of benzene rings is 2. The Hall–Kier alpha value is -4.16. The highest BCUT2D eigenvalue weighted by molar-refractivity contribution is 5.94. The highest BCUT2D eigenvalue weighted by Gasteiger charge is 2.38. The molecule has 1 aromatic heterocycles. The third-order valence-electron chi connectivity index (χ3n) is 7.11. The van der Waals surface area contributed by atoms with Gasteiger partial charge >= 0.3 is 18.4 Å². The molecule has 42 heavy (non-hydrogen) atoms. The summed E-state index contributed by atoms with van der Waals surface area (Å²) in [6.45, 7) is 1.24. The SMILES string of the molecule is Cc1cc(F)ccc1[C@H]1C[C@@H](NC(=O)c2ccncc2)CCN1C(=O)N(C)Cc1cc(C(F)(F)F)cc(C(F)(F)F)c1. The molecule has 1 fully saturated rings. The molecule has 0 aliphatic carbocycles. The lowest BCUT2D eigenvalue weighted by molar-refractivity contribution is -0.143. The second-order valence-corrected chi connectivity index (χ2v) is 10.2. The summed E-state index contributed by atoms with van der Waals surface area (Å²) >= 11 is 0. The molecule has 3 aromatic rings. The first kappa shape index (κ1) is 30.8. The van der Waals surface area contributed by atoms with Crippen LogP contribution < -0.4 is 5.32 Å². The Balaban J connectivity index is 1.59. The number of aromatic nitrogens is 1. The van der Waals surface area contributed by atoms with E-state index in [1.807, 2.05) is 0 Å². The number of pyridine rings is 1. The molecule has 1 saturated heterocycles. The number of nitrogens with zero attached hydrogens (tertiary/aromatic N) is 3. The van der Waals surface area contributed by atoms with Crippen molar-refractivity contribution < 1.29 is 40.3 Å². The maximum atomic E-state index is 13.9. The summed E-state index contributed by atoms with van der Waals surface area (Å²) in [6, 6.07) is 6.64. The summed E-state index contributed by atoms with van der Waals surface area (Å²) in [6.07, 6.45) is -6.53. The van der Waals surface area contributed by atoms with Gasteiger partial charge in [0.1, 0.15) is 5.82 Å². The fraction of sp³-hybridized carbons (Fsp3) is 0.345. The topological polar surface area (TPSA) is 65.5 Å². The fourth-order valence-corrected chi connectivity index (χ4v) is 5.08. The molecule has 13 heteroatoms. The summed E-state index contributed by atoms with van der Waals surface area (Å²) in [5.41, 5.74) is -1.77. The van der Waals surface area contributed by atoms with Gasteiger partial charge in [0.25, 0.3) is 5.91 Å². The van der Waals surface area contributed by atoms with Crippen LogP contribution in [0.25, 0.3) is 0 Å². The van der Waals surface area contributed by atoms with Gasteiger partial charge in [-0.25, -0.2) is 9.18 Å². The quantitative estimate of drug-likeness (QED) is 0.332. The number of likely N-dealkylation sites (tertiary alicyclic amines) is 1. The van der Waals surface area contributed by atoms with Gasteiger partial charge in [0.2, 0.25) is 0 Å². The minimum Gasteiger partial charge on any atom is -0.349 e.